The maximum atomic E-state index is 12.4. The van der Waals surface area contributed by atoms with Crippen molar-refractivity contribution in [2.75, 3.05) is 19.7 Å². The number of aromatic nitrogens is 2. The van der Waals surface area contributed by atoms with Crippen LogP contribution in [0.1, 0.15) is 75.6 Å². The van der Waals surface area contributed by atoms with E-state index in [1.54, 1.807) is 0 Å². The lowest BCUT2D eigenvalue weighted by atomic mass is 9.97. The summed E-state index contributed by atoms with van der Waals surface area (Å²) in [6, 6.07) is 7.95. The second-order valence-electron chi connectivity index (χ2n) is 7.80. The van der Waals surface area contributed by atoms with Crippen LogP contribution >= 0.6 is 0 Å². The molecule has 146 valence electrons. The zero-order valence-corrected chi connectivity index (χ0v) is 16.6. The minimum absolute atomic E-state index is 0.0229. The Kier molecular flexibility index (Phi) is 6.14. The first-order chi connectivity index (χ1) is 12.9. The van der Waals surface area contributed by atoms with Crippen molar-refractivity contribution in [2.45, 2.75) is 58.3 Å². The minimum Gasteiger partial charge on any atom is -0.484 e. The number of carbonyl (C=O) groups is 1. The maximum absolute atomic E-state index is 12.4. The van der Waals surface area contributed by atoms with Gasteiger partial charge in [0.1, 0.15) is 5.75 Å². The molecule has 6 nitrogen and oxygen atoms in total. The van der Waals surface area contributed by atoms with Crippen molar-refractivity contribution in [3.63, 3.8) is 0 Å². The van der Waals surface area contributed by atoms with Crippen molar-refractivity contribution >= 4 is 5.91 Å². The van der Waals surface area contributed by atoms with Gasteiger partial charge >= 0.3 is 0 Å². The van der Waals surface area contributed by atoms with E-state index in [1.165, 1.54) is 5.56 Å². The third kappa shape index (κ3) is 4.87. The van der Waals surface area contributed by atoms with E-state index in [0.29, 0.717) is 30.8 Å². The summed E-state index contributed by atoms with van der Waals surface area (Å²) in [5.41, 5.74) is 1.26. The molecule has 1 aromatic heterocycles. The number of ether oxygens (including phenoxy) is 1. The van der Waals surface area contributed by atoms with Gasteiger partial charge in [0.25, 0.3) is 5.91 Å². The van der Waals surface area contributed by atoms with E-state index in [-0.39, 0.29) is 24.3 Å². The predicted molar refractivity (Wildman–Crippen MR) is 103 cm³/mol. The summed E-state index contributed by atoms with van der Waals surface area (Å²) < 4.78 is 11.4. The number of piperidine rings is 1. The third-order valence-electron chi connectivity index (χ3n) is 5.06. The van der Waals surface area contributed by atoms with Crippen LogP contribution in [0.25, 0.3) is 0 Å². The Morgan fingerprint density at radius 3 is 2.33 bits per heavy atom. The maximum Gasteiger partial charge on any atom is 0.260 e. The largest absolute Gasteiger partial charge is 0.484 e. The summed E-state index contributed by atoms with van der Waals surface area (Å²) in [4.78, 5) is 14.3. The van der Waals surface area contributed by atoms with Crippen LogP contribution in [0, 0.1) is 0 Å². The Morgan fingerprint density at radius 2 is 1.78 bits per heavy atom. The average Bonchev–Trinajstić information content (AvgIpc) is 3.17. The van der Waals surface area contributed by atoms with Crippen LogP contribution in [-0.2, 0) is 4.79 Å². The Balaban J connectivity index is 1.46. The van der Waals surface area contributed by atoms with E-state index in [0.717, 1.165) is 18.6 Å². The van der Waals surface area contributed by atoms with Gasteiger partial charge in [0, 0.05) is 24.9 Å². The Hall–Kier alpha value is -2.37. The number of nitrogens with zero attached hydrogens (tertiary/aromatic N) is 3. The van der Waals surface area contributed by atoms with E-state index >= 15 is 0 Å². The van der Waals surface area contributed by atoms with Crippen LogP contribution in [0.2, 0.25) is 0 Å². The molecule has 6 heteroatoms. The number of benzene rings is 1. The molecule has 1 saturated heterocycles. The van der Waals surface area contributed by atoms with Crippen LogP contribution in [0.3, 0.4) is 0 Å². The van der Waals surface area contributed by atoms with Crippen molar-refractivity contribution in [2.24, 2.45) is 0 Å². The highest BCUT2D eigenvalue weighted by Gasteiger charge is 2.27. The van der Waals surface area contributed by atoms with E-state index in [1.807, 2.05) is 43.0 Å². The van der Waals surface area contributed by atoms with Crippen LogP contribution in [0.4, 0.5) is 0 Å². The SMILES string of the molecule is CC(C)c1ccc(OCC(=O)N2CCC(c3nnc(C(C)C)o3)CC2)cc1. The minimum atomic E-state index is 0.0229. The van der Waals surface area contributed by atoms with E-state index in [2.05, 4.69) is 24.0 Å². The number of amides is 1. The fourth-order valence-electron chi connectivity index (χ4n) is 3.21. The summed E-state index contributed by atoms with van der Waals surface area (Å²) in [7, 11) is 0. The first-order valence-electron chi connectivity index (χ1n) is 9.78. The monoisotopic (exact) mass is 371 g/mol. The molecule has 0 saturated carbocycles. The van der Waals surface area contributed by atoms with Gasteiger partial charge in [-0.25, -0.2) is 0 Å². The molecule has 0 atom stereocenters. The highest BCUT2D eigenvalue weighted by Crippen LogP contribution is 2.28. The molecule has 27 heavy (non-hydrogen) atoms. The van der Waals surface area contributed by atoms with Gasteiger partial charge in [-0.3, -0.25) is 4.79 Å². The number of hydrogen-bond acceptors (Lipinski definition) is 5. The van der Waals surface area contributed by atoms with Crippen LogP contribution in [0.5, 0.6) is 5.75 Å². The molecular formula is C21H29N3O3. The summed E-state index contributed by atoms with van der Waals surface area (Å²) in [5.74, 6) is 3.09. The molecule has 2 heterocycles. The van der Waals surface area contributed by atoms with Gasteiger partial charge in [0.05, 0.1) is 0 Å². The molecule has 1 amide bonds. The van der Waals surface area contributed by atoms with Gasteiger partial charge in [-0.05, 0) is 36.5 Å². The van der Waals surface area contributed by atoms with Crippen molar-refractivity contribution in [1.82, 2.24) is 15.1 Å². The molecule has 2 aromatic rings. The summed E-state index contributed by atoms with van der Waals surface area (Å²) in [6.45, 7) is 9.84. The quantitative estimate of drug-likeness (QED) is 0.765. The Bertz CT molecular complexity index is 744. The Labute approximate surface area is 160 Å². The van der Waals surface area contributed by atoms with E-state index in [4.69, 9.17) is 9.15 Å². The van der Waals surface area contributed by atoms with Gasteiger partial charge in [-0.15, -0.1) is 10.2 Å². The van der Waals surface area contributed by atoms with Crippen LogP contribution in [-0.4, -0.2) is 40.7 Å². The lowest BCUT2D eigenvalue weighted by Gasteiger charge is -2.30. The van der Waals surface area contributed by atoms with Crippen molar-refractivity contribution in [3.05, 3.63) is 41.6 Å². The average molecular weight is 371 g/mol. The van der Waals surface area contributed by atoms with Gasteiger partial charge in [-0.2, -0.15) is 0 Å². The topological polar surface area (TPSA) is 68.5 Å². The van der Waals surface area contributed by atoms with E-state index in [9.17, 15) is 4.79 Å². The highest BCUT2D eigenvalue weighted by atomic mass is 16.5. The zero-order chi connectivity index (χ0) is 19.4. The molecule has 0 spiro atoms. The molecule has 1 fully saturated rings. The molecule has 1 aliphatic rings. The van der Waals surface area contributed by atoms with Crippen LogP contribution < -0.4 is 4.74 Å². The molecule has 0 radical (unpaired) electrons. The zero-order valence-electron chi connectivity index (χ0n) is 16.6. The van der Waals surface area contributed by atoms with Gasteiger partial charge in [-0.1, -0.05) is 39.8 Å². The lowest BCUT2D eigenvalue weighted by Crippen LogP contribution is -2.40. The number of hydrogen-bond donors (Lipinski definition) is 0. The standard InChI is InChI=1S/C21H29N3O3/c1-14(2)16-5-7-18(8-6-16)26-13-19(25)24-11-9-17(10-12-24)21-23-22-20(27-21)15(3)4/h5-8,14-15,17H,9-13H2,1-4H3. The molecule has 0 aliphatic carbocycles. The number of rotatable bonds is 6. The van der Waals surface area contributed by atoms with Crippen molar-refractivity contribution < 1.29 is 13.9 Å². The second kappa shape index (κ2) is 8.55. The summed E-state index contributed by atoms with van der Waals surface area (Å²) in [6.07, 6.45) is 1.68. The third-order valence-corrected chi connectivity index (χ3v) is 5.06. The van der Waals surface area contributed by atoms with Crippen molar-refractivity contribution in [3.8, 4) is 5.75 Å². The van der Waals surface area contributed by atoms with Gasteiger partial charge < -0.3 is 14.1 Å². The molecular weight excluding hydrogens is 342 g/mol. The summed E-state index contributed by atoms with van der Waals surface area (Å²) >= 11 is 0. The molecule has 3 rings (SSSR count). The molecule has 0 unspecified atom stereocenters. The molecule has 0 bridgehead atoms. The first kappa shape index (κ1) is 19.4. The number of likely N-dealkylation sites (tertiary alicyclic amines) is 1. The lowest BCUT2D eigenvalue weighted by molar-refractivity contribution is -0.134. The fourth-order valence-corrected chi connectivity index (χ4v) is 3.21. The first-order valence-corrected chi connectivity index (χ1v) is 9.78. The predicted octanol–water partition coefficient (Wildman–Crippen LogP) is 4.10. The molecule has 1 aliphatic heterocycles. The normalized spacial score (nSPS) is 15.6. The smallest absolute Gasteiger partial charge is 0.260 e. The van der Waals surface area contributed by atoms with Gasteiger partial charge in [0.15, 0.2) is 6.61 Å². The molecule has 1 aromatic carbocycles. The van der Waals surface area contributed by atoms with Gasteiger partial charge in [0.2, 0.25) is 11.8 Å². The summed E-state index contributed by atoms with van der Waals surface area (Å²) in [5, 5.41) is 8.29. The fraction of sp³-hybridized carbons (Fsp3) is 0.571. The van der Waals surface area contributed by atoms with E-state index < -0.39 is 0 Å². The molecule has 0 N–H and O–H groups in total. The number of carbonyl (C=O) groups excluding carboxylic acids is 1. The van der Waals surface area contributed by atoms with Crippen molar-refractivity contribution in [1.29, 1.82) is 0 Å². The Morgan fingerprint density at radius 1 is 1.11 bits per heavy atom. The van der Waals surface area contributed by atoms with Crippen LogP contribution in [0.15, 0.2) is 28.7 Å². The second-order valence-corrected chi connectivity index (χ2v) is 7.80. The highest BCUT2D eigenvalue weighted by molar-refractivity contribution is 5.77.